The molecule has 0 aliphatic carbocycles. The van der Waals surface area contributed by atoms with Crippen LogP contribution < -0.4 is 10.6 Å². The van der Waals surface area contributed by atoms with E-state index in [-0.39, 0.29) is 0 Å². The average Bonchev–Trinajstić information content (AvgIpc) is 2.87. The Morgan fingerprint density at radius 3 is 1.15 bits per heavy atom. The van der Waals surface area contributed by atoms with Gasteiger partial charge >= 0.3 is 11.9 Å². The van der Waals surface area contributed by atoms with E-state index in [0.717, 1.165) is 22.3 Å². The third kappa shape index (κ3) is 4.97. The fraction of sp³-hybridized carbons (Fsp3) is 0. The Labute approximate surface area is 196 Å². The summed E-state index contributed by atoms with van der Waals surface area (Å²) in [5.74, 6) is -2.80. The van der Waals surface area contributed by atoms with Crippen molar-refractivity contribution in [2.45, 2.75) is 0 Å². The highest BCUT2D eigenvalue weighted by molar-refractivity contribution is 6.04. The van der Waals surface area contributed by atoms with E-state index in [1.165, 1.54) is 0 Å². The summed E-state index contributed by atoms with van der Waals surface area (Å²) < 4.78 is 0. The SMILES string of the molecule is O=C(O)C(Nc1ccccc1-c1ccccc1)=C(Nc1ccccc1-c1ccccc1)C(=O)O. The molecule has 6 heteroatoms. The molecule has 0 spiro atoms. The number of benzene rings is 4. The second-order valence-corrected chi connectivity index (χ2v) is 7.43. The van der Waals surface area contributed by atoms with E-state index >= 15 is 0 Å². The van der Waals surface area contributed by atoms with Crippen molar-refractivity contribution in [2.75, 3.05) is 10.6 Å². The first-order chi connectivity index (χ1) is 16.5. The molecule has 0 aliphatic heterocycles. The van der Waals surface area contributed by atoms with Crippen molar-refractivity contribution < 1.29 is 19.8 Å². The predicted octanol–water partition coefficient (Wildman–Crippen LogP) is 5.93. The van der Waals surface area contributed by atoms with E-state index < -0.39 is 23.3 Å². The predicted molar refractivity (Wildman–Crippen MR) is 133 cm³/mol. The number of rotatable bonds is 8. The van der Waals surface area contributed by atoms with Gasteiger partial charge in [0.2, 0.25) is 0 Å². The summed E-state index contributed by atoms with van der Waals surface area (Å²) in [4.78, 5) is 24.4. The van der Waals surface area contributed by atoms with Crippen LogP contribution in [0.5, 0.6) is 0 Å². The van der Waals surface area contributed by atoms with E-state index in [0.29, 0.717) is 11.4 Å². The van der Waals surface area contributed by atoms with Crippen LogP contribution in [0.15, 0.2) is 121 Å². The maximum atomic E-state index is 12.2. The van der Waals surface area contributed by atoms with Crippen LogP contribution in [0.3, 0.4) is 0 Å². The lowest BCUT2D eigenvalue weighted by Gasteiger charge is -2.17. The van der Waals surface area contributed by atoms with Crippen LogP contribution >= 0.6 is 0 Å². The standard InChI is InChI=1S/C28H22N2O4/c31-27(32)25(29-23-17-9-7-15-21(23)19-11-3-1-4-12-19)26(28(33)34)30-24-18-10-8-16-22(24)20-13-5-2-6-14-20/h1-18,29-30H,(H,31,32)(H,33,34). The summed E-state index contributed by atoms with van der Waals surface area (Å²) in [6.07, 6.45) is 0. The van der Waals surface area contributed by atoms with Crippen LogP contribution in [0.1, 0.15) is 0 Å². The van der Waals surface area contributed by atoms with Crippen LogP contribution in [0.2, 0.25) is 0 Å². The Kier molecular flexibility index (Phi) is 6.70. The Morgan fingerprint density at radius 2 is 0.794 bits per heavy atom. The van der Waals surface area contributed by atoms with Gasteiger partial charge in [-0.2, -0.15) is 0 Å². The minimum absolute atomic E-state index is 0.473. The molecule has 0 aliphatic rings. The van der Waals surface area contributed by atoms with Crippen molar-refractivity contribution in [2.24, 2.45) is 0 Å². The van der Waals surface area contributed by atoms with Gasteiger partial charge in [-0.1, -0.05) is 97.1 Å². The molecule has 168 valence electrons. The van der Waals surface area contributed by atoms with Gasteiger partial charge in [-0.25, -0.2) is 9.59 Å². The van der Waals surface area contributed by atoms with E-state index in [1.807, 2.05) is 84.9 Å². The number of carboxylic acids is 2. The van der Waals surface area contributed by atoms with Crippen LogP contribution in [0.25, 0.3) is 22.3 Å². The van der Waals surface area contributed by atoms with Gasteiger partial charge in [-0.3, -0.25) is 0 Å². The number of para-hydroxylation sites is 2. The Hall–Kier alpha value is -4.84. The molecule has 4 aromatic rings. The molecule has 4 aromatic carbocycles. The van der Waals surface area contributed by atoms with Gasteiger partial charge in [0.05, 0.1) is 0 Å². The lowest BCUT2D eigenvalue weighted by molar-refractivity contribution is -0.135. The van der Waals surface area contributed by atoms with Crippen molar-refractivity contribution in [3.05, 3.63) is 121 Å². The fourth-order valence-electron chi connectivity index (χ4n) is 3.64. The summed E-state index contributed by atoms with van der Waals surface area (Å²) in [6.45, 7) is 0. The number of aliphatic carboxylic acids is 2. The lowest BCUT2D eigenvalue weighted by Crippen LogP contribution is -2.23. The second kappa shape index (κ2) is 10.2. The molecule has 0 bridgehead atoms. The van der Waals surface area contributed by atoms with Gasteiger partial charge in [-0.15, -0.1) is 0 Å². The first-order valence-electron chi connectivity index (χ1n) is 10.6. The molecule has 0 aromatic heterocycles. The molecular weight excluding hydrogens is 428 g/mol. The number of hydrogen-bond acceptors (Lipinski definition) is 4. The van der Waals surface area contributed by atoms with Crippen LogP contribution in [0, 0.1) is 0 Å². The number of hydrogen-bond donors (Lipinski definition) is 4. The summed E-state index contributed by atoms with van der Waals surface area (Å²) in [7, 11) is 0. The number of carbonyl (C=O) groups is 2. The third-order valence-electron chi connectivity index (χ3n) is 5.22. The Balaban J connectivity index is 1.78. The molecule has 4 N–H and O–H groups in total. The minimum Gasteiger partial charge on any atom is -0.477 e. The highest BCUT2D eigenvalue weighted by Crippen LogP contribution is 2.31. The minimum atomic E-state index is -1.40. The molecule has 0 atom stereocenters. The van der Waals surface area contributed by atoms with E-state index in [9.17, 15) is 19.8 Å². The van der Waals surface area contributed by atoms with Crippen molar-refractivity contribution in [3.8, 4) is 22.3 Å². The summed E-state index contributed by atoms with van der Waals surface area (Å²) in [5.41, 5.74) is 3.24. The van der Waals surface area contributed by atoms with Crippen molar-refractivity contribution in [1.82, 2.24) is 0 Å². The molecule has 0 saturated carbocycles. The molecule has 0 unspecified atom stereocenters. The van der Waals surface area contributed by atoms with Gasteiger partial charge in [-0.05, 0) is 23.3 Å². The van der Waals surface area contributed by atoms with Crippen LogP contribution in [-0.2, 0) is 9.59 Å². The molecule has 0 saturated heterocycles. The third-order valence-corrected chi connectivity index (χ3v) is 5.22. The Morgan fingerprint density at radius 1 is 0.471 bits per heavy atom. The summed E-state index contributed by atoms with van der Waals surface area (Å²) >= 11 is 0. The smallest absolute Gasteiger partial charge is 0.354 e. The Bertz CT molecular complexity index is 1240. The first-order valence-corrected chi connectivity index (χ1v) is 10.6. The zero-order chi connectivity index (χ0) is 23.9. The van der Waals surface area contributed by atoms with Crippen molar-refractivity contribution >= 4 is 23.3 Å². The van der Waals surface area contributed by atoms with Crippen LogP contribution in [0.4, 0.5) is 11.4 Å². The van der Waals surface area contributed by atoms with Crippen LogP contribution in [-0.4, -0.2) is 22.2 Å². The number of nitrogens with one attached hydrogen (secondary N) is 2. The molecule has 0 amide bonds. The molecule has 0 radical (unpaired) electrons. The average molecular weight is 450 g/mol. The molecule has 0 fully saturated rings. The van der Waals surface area contributed by atoms with E-state index in [4.69, 9.17) is 0 Å². The molecule has 6 nitrogen and oxygen atoms in total. The normalized spacial score (nSPS) is 11.3. The highest BCUT2D eigenvalue weighted by atomic mass is 16.4. The lowest BCUT2D eigenvalue weighted by atomic mass is 10.0. The molecule has 4 rings (SSSR count). The number of anilines is 2. The molecule has 34 heavy (non-hydrogen) atoms. The van der Waals surface area contributed by atoms with Gasteiger partial charge in [0, 0.05) is 22.5 Å². The van der Waals surface area contributed by atoms with Gasteiger partial charge in [0.1, 0.15) is 0 Å². The first kappa shape index (κ1) is 22.4. The quantitative estimate of drug-likeness (QED) is 0.249. The van der Waals surface area contributed by atoms with Crippen molar-refractivity contribution in [3.63, 3.8) is 0 Å². The van der Waals surface area contributed by atoms with Gasteiger partial charge < -0.3 is 20.8 Å². The highest BCUT2D eigenvalue weighted by Gasteiger charge is 2.23. The topological polar surface area (TPSA) is 98.7 Å². The maximum absolute atomic E-state index is 12.2. The fourth-order valence-corrected chi connectivity index (χ4v) is 3.64. The van der Waals surface area contributed by atoms with E-state index in [1.54, 1.807) is 24.3 Å². The zero-order valence-corrected chi connectivity index (χ0v) is 18.1. The number of carboxylic acid groups (broad SMARTS) is 2. The monoisotopic (exact) mass is 450 g/mol. The molecular formula is C28H22N2O4. The summed E-state index contributed by atoms with van der Waals surface area (Å²) in [5, 5.41) is 25.6. The second-order valence-electron chi connectivity index (χ2n) is 7.43. The molecule has 0 heterocycles. The largest absolute Gasteiger partial charge is 0.477 e. The van der Waals surface area contributed by atoms with Gasteiger partial charge in [0.25, 0.3) is 0 Å². The zero-order valence-electron chi connectivity index (χ0n) is 18.1. The van der Waals surface area contributed by atoms with E-state index in [2.05, 4.69) is 10.6 Å². The van der Waals surface area contributed by atoms with Crippen molar-refractivity contribution in [1.29, 1.82) is 0 Å². The maximum Gasteiger partial charge on any atom is 0.354 e. The van der Waals surface area contributed by atoms with Gasteiger partial charge in [0.15, 0.2) is 11.4 Å². The summed E-state index contributed by atoms with van der Waals surface area (Å²) in [6, 6.07) is 33.2.